The molecule has 1 saturated carbocycles. The Bertz CT molecular complexity index is 207. The predicted molar refractivity (Wildman–Crippen MR) is 69.7 cm³/mol. The largest absolute Gasteiger partial charge is 0.311 e. The van der Waals surface area contributed by atoms with Crippen LogP contribution in [-0.4, -0.2) is 36.1 Å². The van der Waals surface area contributed by atoms with Crippen LogP contribution in [0.2, 0.25) is 0 Å². The molecule has 0 aromatic carbocycles. The molecular formula is C14H28N2. The fourth-order valence-corrected chi connectivity index (χ4v) is 3.03. The van der Waals surface area contributed by atoms with E-state index in [1.807, 2.05) is 0 Å². The fourth-order valence-electron chi connectivity index (χ4n) is 3.03. The quantitative estimate of drug-likeness (QED) is 0.772. The Labute approximate surface area is 101 Å². The Morgan fingerprint density at radius 2 is 1.94 bits per heavy atom. The first-order chi connectivity index (χ1) is 7.70. The predicted octanol–water partition coefficient (Wildman–Crippen LogP) is 2.64. The monoisotopic (exact) mass is 224 g/mol. The van der Waals surface area contributed by atoms with E-state index >= 15 is 0 Å². The number of nitrogens with one attached hydrogen (secondary N) is 1. The van der Waals surface area contributed by atoms with Crippen LogP contribution in [0.25, 0.3) is 0 Å². The topological polar surface area (TPSA) is 15.3 Å². The number of rotatable bonds is 5. The van der Waals surface area contributed by atoms with Gasteiger partial charge in [-0.1, -0.05) is 13.3 Å². The summed E-state index contributed by atoms with van der Waals surface area (Å²) in [6.07, 6.45) is 6.94. The van der Waals surface area contributed by atoms with Crippen molar-refractivity contribution in [2.45, 2.75) is 71.0 Å². The van der Waals surface area contributed by atoms with Crippen LogP contribution in [0.15, 0.2) is 0 Å². The summed E-state index contributed by atoms with van der Waals surface area (Å²) >= 11 is 0. The molecule has 1 saturated heterocycles. The van der Waals surface area contributed by atoms with Crippen molar-refractivity contribution in [1.29, 1.82) is 0 Å². The number of hydrogen-bond acceptors (Lipinski definition) is 2. The van der Waals surface area contributed by atoms with Gasteiger partial charge in [-0.25, -0.2) is 0 Å². The van der Waals surface area contributed by atoms with Crippen LogP contribution in [0.3, 0.4) is 0 Å². The Morgan fingerprint density at radius 1 is 1.25 bits per heavy atom. The lowest BCUT2D eigenvalue weighted by Crippen LogP contribution is -2.45. The van der Waals surface area contributed by atoms with E-state index in [2.05, 4.69) is 31.0 Å². The van der Waals surface area contributed by atoms with Crippen molar-refractivity contribution < 1.29 is 0 Å². The van der Waals surface area contributed by atoms with Gasteiger partial charge in [0.1, 0.15) is 0 Å². The molecule has 0 radical (unpaired) electrons. The molecule has 2 heteroatoms. The van der Waals surface area contributed by atoms with Gasteiger partial charge in [-0.15, -0.1) is 0 Å². The Morgan fingerprint density at radius 3 is 2.50 bits per heavy atom. The van der Waals surface area contributed by atoms with Crippen LogP contribution in [-0.2, 0) is 0 Å². The van der Waals surface area contributed by atoms with E-state index in [9.17, 15) is 0 Å². The molecule has 2 unspecified atom stereocenters. The molecule has 0 aromatic rings. The van der Waals surface area contributed by atoms with Crippen LogP contribution in [0, 0.1) is 5.92 Å². The summed E-state index contributed by atoms with van der Waals surface area (Å²) in [5, 5.41) is 3.86. The molecular weight excluding hydrogens is 196 g/mol. The highest BCUT2D eigenvalue weighted by molar-refractivity contribution is 4.95. The zero-order valence-electron chi connectivity index (χ0n) is 11.2. The molecule has 0 amide bonds. The third-order valence-electron chi connectivity index (χ3n) is 4.29. The minimum absolute atomic E-state index is 0.731. The van der Waals surface area contributed by atoms with Crippen molar-refractivity contribution in [1.82, 2.24) is 10.2 Å². The molecule has 2 rings (SSSR count). The first-order valence-electron chi connectivity index (χ1n) is 7.20. The molecule has 16 heavy (non-hydrogen) atoms. The van der Waals surface area contributed by atoms with Gasteiger partial charge >= 0.3 is 0 Å². The lowest BCUT2D eigenvalue weighted by molar-refractivity contribution is 0.160. The van der Waals surface area contributed by atoms with E-state index < -0.39 is 0 Å². The molecule has 0 bridgehead atoms. The minimum Gasteiger partial charge on any atom is -0.311 e. The normalized spacial score (nSPS) is 32.2. The van der Waals surface area contributed by atoms with Gasteiger partial charge < -0.3 is 10.2 Å². The average molecular weight is 224 g/mol. The van der Waals surface area contributed by atoms with Gasteiger partial charge in [0, 0.05) is 18.1 Å². The first-order valence-corrected chi connectivity index (χ1v) is 7.20. The molecule has 0 spiro atoms. The van der Waals surface area contributed by atoms with Crippen LogP contribution in [0.1, 0.15) is 52.9 Å². The van der Waals surface area contributed by atoms with Gasteiger partial charge in [0.05, 0.1) is 0 Å². The lowest BCUT2D eigenvalue weighted by Gasteiger charge is -2.35. The lowest BCUT2D eigenvalue weighted by atomic mass is 10.0. The third kappa shape index (κ3) is 3.21. The van der Waals surface area contributed by atoms with Crippen molar-refractivity contribution in [3.8, 4) is 0 Å². The summed E-state index contributed by atoms with van der Waals surface area (Å²) in [5.74, 6) is 1.01. The molecule has 1 N–H and O–H groups in total. The molecule has 0 aromatic heterocycles. The van der Waals surface area contributed by atoms with Crippen LogP contribution < -0.4 is 5.32 Å². The summed E-state index contributed by atoms with van der Waals surface area (Å²) < 4.78 is 0. The second-order valence-corrected chi connectivity index (χ2v) is 5.96. The number of nitrogens with zero attached hydrogens (tertiary/aromatic N) is 1. The van der Waals surface area contributed by atoms with E-state index in [4.69, 9.17) is 0 Å². The molecule has 1 aliphatic carbocycles. The van der Waals surface area contributed by atoms with Crippen LogP contribution in [0.5, 0.6) is 0 Å². The van der Waals surface area contributed by atoms with Gasteiger partial charge in [-0.05, 0) is 58.5 Å². The zero-order valence-corrected chi connectivity index (χ0v) is 11.2. The smallest absolute Gasteiger partial charge is 0.0102 e. The van der Waals surface area contributed by atoms with Crippen molar-refractivity contribution in [3.05, 3.63) is 0 Å². The third-order valence-corrected chi connectivity index (χ3v) is 4.29. The van der Waals surface area contributed by atoms with E-state index in [0.29, 0.717) is 0 Å². The fraction of sp³-hybridized carbons (Fsp3) is 1.00. The highest BCUT2D eigenvalue weighted by atomic mass is 15.2. The Balaban J connectivity index is 1.63. The van der Waals surface area contributed by atoms with Crippen molar-refractivity contribution in [3.63, 3.8) is 0 Å². The molecule has 1 heterocycles. The van der Waals surface area contributed by atoms with Crippen LogP contribution in [0.4, 0.5) is 0 Å². The van der Waals surface area contributed by atoms with Gasteiger partial charge in [-0.3, -0.25) is 0 Å². The first kappa shape index (κ1) is 12.4. The molecule has 2 atom stereocenters. The summed E-state index contributed by atoms with van der Waals surface area (Å²) in [4.78, 5) is 2.61. The van der Waals surface area contributed by atoms with Gasteiger partial charge in [0.15, 0.2) is 0 Å². The number of hydrogen-bond donors (Lipinski definition) is 1. The zero-order chi connectivity index (χ0) is 11.5. The van der Waals surface area contributed by atoms with E-state index in [1.54, 1.807) is 0 Å². The number of piperidine rings is 1. The van der Waals surface area contributed by atoms with E-state index in [-0.39, 0.29) is 0 Å². The van der Waals surface area contributed by atoms with E-state index in [1.165, 1.54) is 45.2 Å². The van der Waals surface area contributed by atoms with E-state index in [0.717, 1.165) is 24.0 Å². The highest BCUT2D eigenvalue weighted by Crippen LogP contribution is 2.35. The van der Waals surface area contributed by atoms with Crippen molar-refractivity contribution >= 4 is 0 Å². The maximum atomic E-state index is 3.86. The molecule has 94 valence electrons. The Hall–Kier alpha value is -0.0800. The summed E-state index contributed by atoms with van der Waals surface area (Å²) in [6, 6.07) is 2.41. The molecule has 2 aliphatic rings. The summed E-state index contributed by atoms with van der Waals surface area (Å²) in [6.45, 7) is 9.51. The van der Waals surface area contributed by atoms with Crippen molar-refractivity contribution in [2.24, 2.45) is 5.92 Å². The second-order valence-electron chi connectivity index (χ2n) is 5.96. The maximum absolute atomic E-state index is 3.86. The summed E-state index contributed by atoms with van der Waals surface area (Å²) in [5.41, 5.74) is 0. The second kappa shape index (κ2) is 5.50. The minimum atomic E-state index is 0.731. The highest BCUT2D eigenvalue weighted by Gasteiger charge is 2.37. The molecule has 2 fully saturated rings. The average Bonchev–Trinajstić information content (AvgIpc) is 2.98. The van der Waals surface area contributed by atoms with Crippen molar-refractivity contribution in [2.75, 3.05) is 13.1 Å². The molecule has 2 nitrogen and oxygen atoms in total. The molecule has 1 aliphatic heterocycles. The Kier molecular flexibility index (Phi) is 4.26. The standard InChI is InChI=1S/C14H28N2/c1-4-5-12-10-14(12)15-13-6-8-16(9-7-13)11(2)3/h11-15H,4-10H2,1-3H3. The van der Waals surface area contributed by atoms with Gasteiger partial charge in [0.2, 0.25) is 0 Å². The van der Waals surface area contributed by atoms with Gasteiger partial charge in [-0.2, -0.15) is 0 Å². The summed E-state index contributed by atoms with van der Waals surface area (Å²) in [7, 11) is 0. The maximum Gasteiger partial charge on any atom is 0.0102 e. The SMILES string of the molecule is CCCC1CC1NC1CCN(C(C)C)CC1. The van der Waals surface area contributed by atoms with Gasteiger partial charge in [0.25, 0.3) is 0 Å². The van der Waals surface area contributed by atoms with Crippen LogP contribution >= 0.6 is 0 Å². The number of likely N-dealkylation sites (tertiary alicyclic amines) is 1.